The van der Waals surface area contributed by atoms with Crippen molar-refractivity contribution < 1.29 is 18.7 Å². The Hall–Kier alpha value is -3.08. The number of carbonyl (C=O) groups is 1. The predicted octanol–water partition coefficient (Wildman–Crippen LogP) is 2.42. The van der Waals surface area contributed by atoms with Gasteiger partial charge < -0.3 is 25.0 Å². The number of anilines is 1. The molecule has 0 radical (unpaired) electrons. The number of halogens is 2. The number of likely N-dealkylation sites (tertiary alicyclic amines) is 1. The van der Waals surface area contributed by atoms with Crippen LogP contribution in [0.1, 0.15) is 11.3 Å². The molecule has 1 unspecified atom stereocenters. The fraction of sp³-hybridized carbons (Fsp3) is 0.417. The van der Waals surface area contributed by atoms with E-state index in [1.54, 1.807) is 25.3 Å². The molecule has 3 aromatic rings. The van der Waals surface area contributed by atoms with Crippen molar-refractivity contribution >= 4 is 34.4 Å². The van der Waals surface area contributed by atoms with Crippen LogP contribution in [0.3, 0.4) is 0 Å². The summed E-state index contributed by atoms with van der Waals surface area (Å²) >= 11 is 6.37. The van der Waals surface area contributed by atoms with Crippen molar-refractivity contribution in [2.24, 2.45) is 11.8 Å². The SMILES string of the molecule is COc1ccc2ncc(F)c(CCN3C[C@@H]4C(NCc5nc6c(cc5Cl)OCC(=O)N6)[C@@H]4C3)c2n1. The van der Waals surface area contributed by atoms with Crippen molar-refractivity contribution in [3.8, 4) is 11.6 Å². The van der Waals surface area contributed by atoms with Gasteiger partial charge in [-0.15, -0.1) is 0 Å². The van der Waals surface area contributed by atoms with E-state index in [0.29, 0.717) is 75.6 Å². The minimum absolute atomic E-state index is 0.0285. The monoisotopic (exact) mass is 498 g/mol. The number of rotatable bonds is 7. The summed E-state index contributed by atoms with van der Waals surface area (Å²) in [5.41, 5.74) is 2.48. The average molecular weight is 499 g/mol. The number of hydrogen-bond donors (Lipinski definition) is 2. The van der Waals surface area contributed by atoms with Crippen molar-refractivity contribution in [3.63, 3.8) is 0 Å². The Morgan fingerprint density at radius 2 is 2.14 bits per heavy atom. The Balaban J connectivity index is 1.04. The van der Waals surface area contributed by atoms with Crippen LogP contribution in [0.4, 0.5) is 10.2 Å². The zero-order valence-electron chi connectivity index (χ0n) is 19.1. The first-order chi connectivity index (χ1) is 17.0. The molecule has 35 heavy (non-hydrogen) atoms. The Kier molecular flexibility index (Phi) is 5.66. The lowest BCUT2D eigenvalue weighted by molar-refractivity contribution is -0.118. The van der Waals surface area contributed by atoms with Crippen molar-refractivity contribution in [3.05, 3.63) is 46.5 Å². The van der Waals surface area contributed by atoms with Crippen molar-refractivity contribution in [2.75, 3.05) is 38.7 Å². The van der Waals surface area contributed by atoms with E-state index in [2.05, 4.69) is 30.5 Å². The number of fused-ring (bicyclic) bond motifs is 3. The second-order valence-corrected chi connectivity index (χ2v) is 9.56. The molecule has 2 fully saturated rings. The van der Waals surface area contributed by atoms with Gasteiger partial charge in [-0.25, -0.2) is 14.4 Å². The maximum Gasteiger partial charge on any atom is 0.263 e. The summed E-state index contributed by atoms with van der Waals surface area (Å²) in [7, 11) is 1.55. The average Bonchev–Trinajstić information content (AvgIpc) is 3.31. The van der Waals surface area contributed by atoms with Crippen molar-refractivity contribution in [1.82, 2.24) is 25.2 Å². The van der Waals surface area contributed by atoms with Gasteiger partial charge in [0.1, 0.15) is 5.82 Å². The van der Waals surface area contributed by atoms with Crippen molar-refractivity contribution in [2.45, 2.75) is 19.0 Å². The Labute approximate surface area is 206 Å². The highest BCUT2D eigenvalue weighted by molar-refractivity contribution is 6.31. The van der Waals surface area contributed by atoms with E-state index >= 15 is 0 Å². The first kappa shape index (κ1) is 22.4. The molecule has 1 saturated carbocycles. The summed E-state index contributed by atoms with van der Waals surface area (Å²) in [5.74, 6) is 1.89. The van der Waals surface area contributed by atoms with E-state index in [0.717, 1.165) is 19.6 Å². The lowest BCUT2D eigenvalue weighted by atomic mass is 10.1. The number of pyridine rings is 3. The summed E-state index contributed by atoms with van der Waals surface area (Å²) in [5, 5.41) is 6.78. The van der Waals surface area contributed by atoms with Gasteiger partial charge in [-0.05, 0) is 24.3 Å². The molecule has 1 aliphatic carbocycles. The Bertz CT molecular complexity index is 1310. The summed E-state index contributed by atoms with van der Waals surface area (Å²) in [6, 6.07) is 5.63. The lowest BCUT2D eigenvalue weighted by Gasteiger charge is -2.21. The third kappa shape index (κ3) is 4.26. The number of carbonyl (C=O) groups excluding carboxylic acids is 1. The standard InChI is InChI=1S/C24H24ClFN6O3/c1-34-21-3-2-17-23(31-21)12(16(26)7-27-17)4-5-32-9-13-14(10-32)22(13)28-8-18-15(25)6-19-24(29-18)30-20(33)11-35-19/h2-3,6-7,13-14,22,28H,4-5,8-11H2,1H3,(H,29,30,33)/t13-,14+,22?. The Morgan fingerprint density at radius 3 is 2.94 bits per heavy atom. The number of ether oxygens (including phenoxy) is 2. The zero-order valence-corrected chi connectivity index (χ0v) is 19.8. The topological polar surface area (TPSA) is 102 Å². The van der Waals surface area contributed by atoms with Gasteiger partial charge in [-0.2, -0.15) is 0 Å². The molecule has 0 bridgehead atoms. The van der Waals surface area contributed by atoms with E-state index in [1.165, 1.54) is 6.20 Å². The summed E-state index contributed by atoms with van der Waals surface area (Å²) in [6.45, 7) is 3.16. The van der Waals surface area contributed by atoms with E-state index in [1.807, 2.05) is 0 Å². The molecule has 5 heterocycles. The molecule has 1 saturated heterocycles. The molecule has 0 spiro atoms. The maximum absolute atomic E-state index is 14.6. The molecule has 2 N–H and O–H groups in total. The molecular formula is C24H24ClFN6O3. The quantitative estimate of drug-likeness (QED) is 0.512. The number of nitrogens with zero attached hydrogens (tertiary/aromatic N) is 4. The fourth-order valence-electron chi connectivity index (χ4n) is 5.16. The lowest BCUT2D eigenvalue weighted by Crippen LogP contribution is -2.33. The molecule has 0 aromatic carbocycles. The molecule has 11 heteroatoms. The highest BCUT2D eigenvalue weighted by Crippen LogP contribution is 2.45. The van der Waals surface area contributed by atoms with Crippen LogP contribution >= 0.6 is 11.6 Å². The first-order valence-electron chi connectivity index (χ1n) is 11.6. The largest absolute Gasteiger partial charge is 0.481 e. The third-order valence-electron chi connectivity index (χ3n) is 7.03. The molecule has 9 nitrogen and oxygen atoms in total. The van der Waals surface area contributed by atoms with Gasteiger partial charge in [0.25, 0.3) is 5.91 Å². The van der Waals surface area contributed by atoms with Crippen LogP contribution in [0.15, 0.2) is 24.4 Å². The molecule has 1 amide bonds. The summed E-state index contributed by atoms with van der Waals surface area (Å²) < 4.78 is 25.1. The molecular weight excluding hydrogens is 475 g/mol. The number of piperidine rings is 1. The third-order valence-corrected chi connectivity index (χ3v) is 7.36. The van der Waals surface area contributed by atoms with Crippen LogP contribution in [0.5, 0.6) is 11.6 Å². The van der Waals surface area contributed by atoms with Gasteiger partial charge in [-0.1, -0.05) is 11.6 Å². The van der Waals surface area contributed by atoms with Gasteiger partial charge in [0, 0.05) is 49.9 Å². The number of aromatic nitrogens is 3. The van der Waals surface area contributed by atoms with Gasteiger partial charge in [0.05, 0.1) is 35.1 Å². The van der Waals surface area contributed by atoms with Crippen molar-refractivity contribution in [1.29, 1.82) is 0 Å². The molecule has 6 rings (SSSR count). The number of amides is 1. The van der Waals surface area contributed by atoms with Crippen LogP contribution in [0.2, 0.25) is 5.02 Å². The van der Waals surface area contributed by atoms with Gasteiger partial charge in [0.15, 0.2) is 18.2 Å². The van der Waals surface area contributed by atoms with Crippen LogP contribution in [-0.4, -0.2) is 65.2 Å². The minimum Gasteiger partial charge on any atom is -0.481 e. The smallest absolute Gasteiger partial charge is 0.263 e. The van der Waals surface area contributed by atoms with E-state index < -0.39 is 0 Å². The molecule has 182 valence electrons. The van der Waals surface area contributed by atoms with Gasteiger partial charge >= 0.3 is 0 Å². The second-order valence-electron chi connectivity index (χ2n) is 9.15. The highest BCUT2D eigenvalue weighted by Gasteiger charge is 2.55. The van der Waals surface area contributed by atoms with Crippen LogP contribution in [0, 0.1) is 17.7 Å². The summed E-state index contributed by atoms with van der Waals surface area (Å²) in [4.78, 5) is 27.0. The fourth-order valence-corrected chi connectivity index (χ4v) is 5.37. The normalized spacial score (nSPS) is 22.9. The highest BCUT2D eigenvalue weighted by atomic mass is 35.5. The molecule has 3 atom stereocenters. The molecule has 2 aliphatic heterocycles. The second kappa shape index (κ2) is 8.85. The maximum atomic E-state index is 14.6. The van der Waals surface area contributed by atoms with Crippen LogP contribution in [-0.2, 0) is 17.8 Å². The van der Waals surface area contributed by atoms with Crippen LogP contribution in [0.25, 0.3) is 11.0 Å². The summed E-state index contributed by atoms with van der Waals surface area (Å²) in [6.07, 6.45) is 1.83. The predicted molar refractivity (Wildman–Crippen MR) is 127 cm³/mol. The van der Waals surface area contributed by atoms with E-state index in [4.69, 9.17) is 21.1 Å². The van der Waals surface area contributed by atoms with E-state index in [-0.39, 0.29) is 18.3 Å². The zero-order chi connectivity index (χ0) is 24.1. The minimum atomic E-state index is -0.335. The number of methoxy groups -OCH3 is 1. The van der Waals surface area contributed by atoms with Gasteiger partial charge in [0.2, 0.25) is 5.88 Å². The van der Waals surface area contributed by atoms with Gasteiger partial charge in [-0.3, -0.25) is 9.78 Å². The Morgan fingerprint density at radius 1 is 1.31 bits per heavy atom. The first-order valence-corrected chi connectivity index (χ1v) is 11.9. The van der Waals surface area contributed by atoms with E-state index in [9.17, 15) is 9.18 Å². The van der Waals surface area contributed by atoms with Crippen LogP contribution < -0.4 is 20.1 Å². The number of nitrogens with one attached hydrogen (secondary N) is 2. The molecule has 3 aliphatic rings. The molecule has 3 aromatic heterocycles. The number of hydrogen-bond acceptors (Lipinski definition) is 8.